The van der Waals surface area contributed by atoms with Gasteiger partial charge in [-0.3, -0.25) is 4.18 Å². The van der Waals surface area contributed by atoms with E-state index in [0.717, 1.165) is 28.5 Å². The summed E-state index contributed by atoms with van der Waals surface area (Å²) in [6.07, 6.45) is -0.805. The summed E-state index contributed by atoms with van der Waals surface area (Å²) in [5.74, 6) is 1.15. The summed E-state index contributed by atoms with van der Waals surface area (Å²) in [4.78, 5) is 13.4. The largest absolute Gasteiger partial charge is 0.496 e. The van der Waals surface area contributed by atoms with Crippen LogP contribution in [-0.4, -0.2) is 98.5 Å². The van der Waals surface area contributed by atoms with Crippen molar-refractivity contribution in [1.29, 1.82) is 0 Å². The van der Waals surface area contributed by atoms with Crippen molar-refractivity contribution in [2.75, 3.05) is 46.6 Å². The molecule has 1 N–H and O–H groups in total. The molecule has 0 aliphatic carbocycles. The molecule has 1 aliphatic rings. The van der Waals surface area contributed by atoms with Crippen LogP contribution in [0.5, 0.6) is 11.5 Å². The van der Waals surface area contributed by atoms with E-state index in [1.54, 1.807) is 24.6 Å². The Hall–Kier alpha value is -3.37. The first-order valence-corrected chi connectivity index (χ1v) is 19.0. The predicted octanol–water partition coefficient (Wildman–Crippen LogP) is 5.67. The van der Waals surface area contributed by atoms with Gasteiger partial charge < -0.3 is 33.4 Å². The van der Waals surface area contributed by atoms with Crippen LogP contribution in [0.2, 0.25) is 6.04 Å². The van der Waals surface area contributed by atoms with Gasteiger partial charge >= 0.3 is 6.09 Å². The molecule has 3 atom stereocenters. The van der Waals surface area contributed by atoms with E-state index in [9.17, 15) is 18.3 Å². The molecule has 0 spiro atoms. The predicted molar refractivity (Wildman–Crippen MR) is 189 cm³/mol. The minimum atomic E-state index is -3.98. The summed E-state index contributed by atoms with van der Waals surface area (Å²) in [6.45, 7) is 3.25. The van der Waals surface area contributed by atoms with Crippen LogP contribution in [0, 0.1) is 6.92 Å². The fourth-order valence-electron chi connectivity index (χ4n) is 5.37. The van der Waals surface area contributed by atoms with Crippen molar-refractivity contribution in [1.82, 2.24) is 4.90 Å². The quantitative estimate of drug-likeness (QED) is 0.0669. The van der Waals surface area contributed by atoms with Crippen LogP contribution in [0.1, 0.15) is 35.4 Å². The number of likely N-dealkylation sites (tertiary alicyclic amines) is 1. The monoisotopic (exact) mass is 729 g/mol. The zero-order valence-electron chi connectivity index (χ0n) is 27.7. The van der Waals surface area contributed by atoms with Gasteiger partial charge in [0.2, 0.25) is 9.76 Å². The van der Waals surface area contributed by atoms with Crippen LogP contribution in [-0.2, 0) is 34.8 Å². The van der Waals surface area contributed by atoms with Crippen LogP contribution >= 0.6 is 12.2 Å². The van der Waals surface area contributed by atoms with Gasteiger partial charge in [-0.2, -0.15) is 8.42 Å². The topological polar surface area (TPSA) is 130 Å². The van der Waals surface area contributed by atoms with Gasteiger partial charge in [0.05, 0.1) is 63.8 Å². The molecule has 1 fully saturated rings. The van der Waals surface area contributed by atoms with Crippen molar-refractivity contribution < 1.29 is 45.9 Å². The fraction of sp³-hybridized carbons (Fsp3) is 0.429. The van der Waals surface area contributed by atoms with Crippen LogP contribution in [0.3, 0.4) is 0 Å². The minimum Gasteiger partial charge on any atom is -0.496 e. The van der Waals surface area contributed by atoms with E-state index in [0.29, 0.717) is 38.4 Å². The van der Waals surface area contributed by atoms with E-state index >= 15 is 0 Å². The van der Waals surface area contributed by atoms with E-state index < -0.39 is 28.4 Å². The Morgan fingerprint density at radius 2 is 1.71 bits per heavy atom. The van der Waals surface area contributed by atoms with Crippen molar-refractivity contribution in [3.63, 3.8) is 0 Å². The van der Waals surface area contributed by atoms with Crippen molar-refractivity contribution in [3.05, 3.63) is 89.5 Å². The molecule has 1 aliphatic heterocycles. The molecular formula is C35H43NO10S2Si. The third kappa shape index (κ3) is 11.9. The number of benzene rings is 3. The van der Waals surface area contributed by atoms with Gasteiger partial charge in [0, 0.05) is 24.4 Å². The Labute approximate surface area is 296 Å². The summed E-state index contributed by atoms with van der Waals surface area (Å²) in [5, 5.41) is 11.5. The second-order valence-electron chi connectivity index (χ2n) is 11.4. The SMILES string of the molecule is COc1ccccc1COCCCOc1ccc([C@@H]2[C@@H](OCCOS(=O)(=O)c3ccc(C)cc3)CN(C(=O)O)C[C@H]2O[Si]CCC=S)cc1. The van der Waals surface area contributed by atoms with Crippen LogP contribution in [0.25, 0.3) is 0 Å². The summed E-state index contributed by atoms with van der Waals surface area (Å²) in [5.41, 5.74) is 2.80. The van der Waals surface area contributed by atoms with Gasteiger partial charge in [-0.15, -0.1) is 0 Å². The van der Waals surface area contributed by atoms with Gasteiger partial charge in [0.25, 0.3) is 10.1 Å². The smallest absolute Gasteiger partial charge is 0.407 e. The van der Waals surface area contributed by atoms with E-state index in [1.807, 2.05) is 55.5 Å². The molecule has 4 rings (SSSR count). The van der Waals surface area contributed by atoms with Crippen molar-refractivity contribution in [2.45, 2.75) is 55.4 Å². The molecule has 264 valence electrons. The number of piperidine rings is 1. The summed E-state index contributed by atoms with van der Waals surface area (Å²) in [6, 6.07) is 22.4. The van der Waals surface area contributed by atoms with Gasteiger partial charge in [-0.1, -0.05) is 60.2 Å². The lowest BCUT2D eigenvalue weighted by atomic mass is 9.84. The number of nitrogens with zero attached hydrogens (tertiary/aromatic N) is 1. The zero-order chi connectivity index (χ0) is 35.1. The highest BCUT2D eigenvalue weighted by Crippen LogP contribution is 2.34. The van der Waals surface area contributed by atoms with E-state index in [1.165, 1.54) is 17.0 Å². The molecule has 0 aromatic heterocycles. The Kier molecular flexibility index (Phi) is 15.5. The van der Waals surface area contributed by atoms with Crippen LogP contribution < -0.4 is 9.47 Å². The third-order valence-electron chi connectivity index (χ3n) is 7.85. The number of hydrogen-bond donors (Lipinski definition) is 1. The number of hydrogen-bond acceptors (Lipinski definition) is 10. The maximum atomic E-state index is 12.7. The van der Waals surface area contributed by atoms with Crippen LogP contribution in [0.4, 0.5) is 4.79 Å². The summed E-state index contributed by atoms with van der Waals surface area (Å²) in [7, 11) is -2.22. The summed E-state index contributed by atoms with van der Waals surface area (Å²) >= 11 is 4.95. The Balaban J connectivity index is 1.37. The molecule has 1 saturated heterocycles. The number of aryl methyl sites for hydroxylation is 1. The maximum absolute atomic E-state index is 12.7. The molecule has 0 bridgehead atoms. The molecule has 11 nitrogen and oxygen atoms in total. The molecule has 14 heteroatoms. The molecule has 2 radical (unpaired) electrons. The van der Waals surface area contributed by atoms with Gasteiger partial charge in [0.1, 0.15) is 11.5 Å². The van der Waals surface area contributed by atoms with Gasteiger partial charge in [-0.05, 0) is 60.7 Å². The lowest BCUT2D eigenvalue weighted by Crippen LogP contribution is -2.54. The number of carboxylic acid groups (broad SMARTS) is 1. The molecule has 3 aromatic rings. The highest BCUT2D eigenvalue weighted by Gasteiger charge is 2.41. The Bertz CT molecular complexity index is 1570. The zero-order valence-corrected chi connectivity index (χ0v) is 30.3. The number of methoxy groups -OCH3 is 1. The lowest BCUT2D eigenvalue weighted by Gasteiger charge is -2.42. The van der Waals surface area contributed by atoms with Crippen molar-refractivity contribution in [2.24, 2.45) is 0 Å². The average molecular weight is 730 g/mol. The minimum absolute atomic E-state index is 0.0548. The first-order chi connectivity index (χ1) is 23.7. The molecule has 3 aromatic carbocycles. The number of rotatable bonds is 20. The Morgan fingerprint density at radius 1 is 0.980 bits per heavy atom. The number of para-hydroxylation sites is 1. The number of amides is 1. The molecule has 1 heterocycles. The lowest BCUT2D eigenvalue weighted by molar-refractivity contribution is -0.0575. The molecule has 49 heavy (non-hydrogen) atoms. The van der Waals surface area contributed by atoms with E-state index in [-0.39, 0.29) is 46.9 Å². The van der Waals surface area contributed by atoms with Crippen molar-refractivity contribution >= 4 is 43.6 Å². The van der Waals surface area contributed by atoms with Crippen molar-refractivity contribution in [3.8, 4) is 11.5 Å². The fourth-order valence-corrected chi connectivity index (χ4v) is 7.40. The maximum Gasteiger partial charge on any atom is 0.407 e. The summed E-state index contributed by atoms with van der Waals surface area (Å²) < 4.78 is 60.1. The third-order valence-corrected chi connectivity index (χ3v) is 10.4. The van der Waals surface area contributed by atoms with E-state index in [2.05, 4.69) is 0 Å². The van der Waals surface area contributed by atoms with Gasteiger partial charge in [0.15, 0.2) is 0 Å². The highest BCUT2D eigenvalue weighted by atomic mass is 32.2. The number of ether oxygens (including phenoxy) is 4. The normalized spacial score (nSPS) is 17.8. The second kappa shape index (κ2) is 19.7. The Morgan fingerprint density at radius 3 is 2.43 bits per heavy atom. The first kappa shape index (κ1) is 38.4. The second-order valence-corrected chi connectivity index (χ2v) is 14.3. The number of thiocarbonyl (C=S) groups is 1. The number of carbonyl (C=O) groups is 1. The van der Waals surface area contributed by atoms with Gasteiger partial charge in [-0.25, -0.2) is 4.79 Å². The highest BCUT2D eigenvalue weighted by molar-refractivity contribution is 7.86. The van der Waals surface area contributed by atoms with Crippen LogP contribution in [0.15, 0.2) is 77.7 Å². The van der Waals surface area contributed by atoms with E-state index in [4.69, 9.17) is 39.8 Å². The average Bonchev–Trinajstić information content (AvgIpc) is 3.10. The first-order valence-electron chi connectivity index (χ1n) is 16.0. The molecule has 1 amide bonds. The molecule has 0 saturated carbocycles. The standard InChI is InChI=1S/C35H43NO10S2Si/c1-26-9-15-30(16-10-26)48(39,40)45-20-19-44-32-23-36(35(37)38)24-33(46-49-22-6-21-47)34(32)27-11-13-29(14-12-27)43-18-5-17-42-25-28-7-3-4-8-31(28)41-2/h3-4,7-16,21,32-34H,5-6,17-20,22-25H2,1-2H3,(H,37,38)/t32-,33+,34+/m0/s1. The molecule has 0 unspecified atom stereocenters. The molecular weight excluding hydrogens is 687 g/mol.